The van der Waals surface area contributed by atoms with Crippen LogP contribution in [0.2, 0.25) is 0 Å². The number of aromatic nitrogens is 1. The highest BCUT2D eigenvalue weighted by molar-refractivity contribution is 7.89. The van der Waals surface area contributed by atoms with Crippen LogP contribution in [-0.2, 0) is 22.9 Å². The minimum absolute atomic E-state index is 0.0604. The largest absolute Gasteiger partial charge is 0.497 e. The molecule has 0 aliphatic carbocycles. The summed E-state index contributed by atoms with van der Waals surface area (Å²) < 4.78 is 37.4. The average molecular weight is 386 g/mol. The van der Waals surface area contributed by atoms with E-state index in [1.165, 1.54) is 0 Å². The van der Waals surface area contributed by atoms with Crippen LogP contribution in [0.3, 0.4) is 0 Å². The van der Waals surface area contributed by atoms with Crippen molar-refractivity contribution >= 4 is 10.0 Å². The number of hydrogen-bond acceptors (Lipinski definition) is 5. The fourth-order valence-electron chi connectivity index (χ4n) is 2.65. The van der Waals surface area contributed by atoms with E-state index in [4.69, 9.17) is 9.26 Å². The molecule has 1 aromatic heterocycles. The van der Waals surface area contributed by atoms with Crippen molar-refractivity contribution in [1.29, 1.82) is 0 Å². The van der Waals surface area contributed by atoms with Crippen molar-refractivity contribution in [1.82, 2.24) is 9.88 Å². The van der Waals surface area contributed by atoms with Crippen LogP contribution in [0.25, 0.3) is 11.3 Å². The summed E-state index contributed by atoms with van der Waals surface area (Å²) in [7, 11) is -1.72. The predicted octanol–water partition coefficient (Wildman–Crippen LogP) is 3.05. The number of hydrogen-bond donors (Lipinski definition) is 1. The highest BCUT2D eigenvalue weighted by Gasteiger charge is 2.12. The molecule has 3 aromatic rings. The molecule has 7 heteroatoms. The average Bonchev–Trinajstić information content (AvgIpc) is 3.16. The van der Waals surface area contributed by atoms with E-state index in [2.05, 4.69) is 9.88 Å². The predicted molar refractivity (Wildman–Crippen MR) is 104 cm³/mol. The maximum atomic E-state index is 12.1. The first-order valence-corrected chi connectivity index (χ1v) is 10.3. The standard InChI is InChI=1S/C20H22N2O4S/c1-25-19-9-5-8-17(14-19)20-15-18(22-26-20)10-12-21-27(23,24)13-11-16-6-3-2-4-7-16/h2-9,14-15,21H,10-13H2,1H3. The third-order valence-electron chi connectivity index (χ3n) is 4.12. The second-order valence-corrected chi connectivity index (χ2v) is 8.04. The van der Waals surface area contributed by atoms with Crippen LogP contribution < -0.4 is 9.46 Å². The van der Waals surface area contributed by atoms with E-state index in [1.807, 2.05) is 60.7 Å². The molecule has 0 amide bonds. The highest BCUT2D eigenvalue weighted by atomic mass is 32.2. The first kappa shape index (κ1) is 19.1. The molecule has 0 aliphatic rings. The molecule has 2 aromatic carbocycles. The summed E-state index contributed by atoms with van der Waals surface area (Å²) in [6.07, 6.45) is 0.943. The number of methoxy groups -OCH3 is 1. The minimum atomic E-state index is -3.33. The third kappa shape index (κ3) is 5.67. The molecule has 6 nitrogen and oxygen atoms in total. The van der Waals surface area contributed by atoms with Gasteiger partial charge in [-0.1, -0.05) is 47.6 Å². The van der Waals surface area contributed by atoms with E-state index >= 15 is 0 Å². The molecule has 27 heavy (non-hydrogen) atoms. The van der Waals surface area contributed by atoms with Crippen molar-refractivity contribution in [2.75, 3.05) is 19.4 Å². The van der Waals surface area contributed by atoms with Crippen LogP contribution in [0.15, 0.2) is 65.2 Å². The van der Waals surface area contributed by atoms with Crippen LogP contribution >= 0.6 is 0 Å². The highest BCUT2D eigenvalue weighted by Crippen LogP contribution is 2.24. The number of aryl methyl sites for hydroxylation is 1. The van der Waals surface area contributed by atoms with Gasteiger partial charge in [-0.25, -0.2) is 13.1 Å². The summed E-state index contributed by atoms with van der Waals surface area (Å²) in [5, 5.41) is 4.01. The lowest BCUT2D eigenvalue weighted by molar-refractivity contribution is 0.412. The Bertz CT molecular complexity index is 968. The Morgan fingerprint density at radius 2 is 1.85 bits per heavy atom. The van der Waals surface area contributed by atoms with Crippen molar-refractivity contribution in [2.24, 2.45) is 0 Å². The van der Waals surface area contributed by atoms with Crippen LogP contribution in [0.4, 0.5) is 0 Å². The summed E-state index contributed by atoms with van der Waals surface area (Å²) in [5.74, 6) is 1.41. The quantitative estimate of drug-likeness (QED) is 0.611. The fourth-order valence-corrected chi connectivity index (χ4v) is 3.71. The summed E-state index contributed by atoms with van der Waals surface area (Å²) >= 11 is 0. The van der Waals surface area contributed by atoms with E-state index in [0.717, 1.165) is 16.9 Å². The Balaban J connectivity index is 1.51. The molecule has 0 saturated heterocycles. The van der Waals surface area contributed by atoms with E-state index in [1.54, 1.807) is 7.11 Å². The maximum absolute atomic E-state index is 12.1. The monoisotopic (exact) mass is 386 g/mol. The first-order valence-electron chi connectivity index (χ1n) is 8.67. The van der Waals surface area contributed by atoms with Crippen molar-refractivity contribution in [3.8, 4) is 17.1 Å². The number of sulfonamides is 1. The second-order valence-electron chi connectivity index (χ2n) is 6.11. The summed E-state index contributed by atoms with van der Waals surface area (Å²) in [6, 6.07) is 18.9. The zero-order valence-corrected chi connectivity index (χ0v) is 15.9. The smallest absolute Gasteiger partial charge is 0.211 e. The minimum Gasteiger partial charge on any atom is -0.497 e. The van der Waals surface area contributed by atoms with Gasteiger partial charge in [0.15, 0.2) is 5.76 Å². The molecule has 1 heterocycles. The molecule has 0 saturated carbocycles. The molecule has 0 aliphatic heterocycles. The second kappa shape index (κ2) is 8.83. The lowest BCUT2D eigenvalue weighted by atomic mass is 10.1. The number of nitrogens with zero attached hydrogens (tertiary/aromatic N) is 1. The van der Waals surface area contributed by atoms with Crippen molar-refractivity contribution in [3.63, 3.8) is 0 Å². The van der Waals surface area contributed by atoms with Gasteiger partial charge in [0, 0.05) is 24.6 Å². The van der Waals surface area contributed by atoms with Crippen LogP contribution in [0, 0.1) is 0 Å². The number of benzene rings is 2. The maximum Gasteiger partial charge on any atom is 0.211 e. The van der Waals surface area contributed by atoms with Gasteiger partial charge >= 0.3 is 0 Å². The Hall–Kier alpha value is -2.64. The molecule has 0 bridgehead atoms. The normalized spacial score (nSPS) is 11.4. The van der Waals surface area contributed by atoms with Crippen molar-refractivity contribution in [2.45, 2.75) is 12.8 Å². The zero-order chi connectivity index (χ0) is 19.1. The molecule has 142 valence electrons. The van der Waals surface area contributed by atoms with E-state index < -0.39 is 10.0 Å². The summed E-state index contributed by atoms with van der Waals surface area (Å²) in [5.41, 5.74) is 2.55. The zero-order valence-electron chi connectivity index (χ0n) is 15.1. The molecule has 1 N–H and O–H groups in total. The molecular formula is C20H22N2O4S. The molecule has 0 radical (unpaired) electrons. The molecule has 3 rings (SSSR count). The number of nitrogens with one attached hydrogen (secondary N) is 1. The van der Waals surface area contributed by atoms with E-state index in [0.29, 0.717) is 24.3 Å². The van der Waals surface area contributed by atoms with E-state index in [-0.39, 0.29) is 12.3 Å². The van der Waals surface area contributed by atoms with Gasteiger partial charge in [-0.2, -0.15) is 0 Å². The SMILES string of the molecule is COc1cccc(-c2cc(CCNS(=O)(=O)CCc3ccccc3)no2)c1. The van der Waals surface area contributed by atoms with Gasteiger partial charge in [-0.3, -0.25) is 0 Å². The third-order valence-corrected chi connectivity index (χ3v) is 5.50. The number of rotatable bonds is 9. The van der Waals surface area contributed by atoms with Crippen molar-refractivity contribution < 1.29 is 17.7 Å². The van der Waals surface area contributed by atoms with Gasteiger partial charge in [0.05, 0.1) is 18.6 Å². The number of ether oxygens (including phenoxy) is 1. The van der Waals surface area contributed by atoms with Gasteiger partial charge in [0.2, 0.25) is 10.0 Å². The van der Waals surface area contributed by atoms with E-state index in [9.17, 15) is 8.42 Å². The van der Waals surface area contributed by atoms with Crippen LogP contribution in [0.1, 0.15) is 11.3 Å². The van der Waals surface area contributed by atoms with Crippen LogP contribution in [-0.4, -0.2) is 33.0 Å². The fraction of sp³-hybridized carbons (Fsp3) is 0.250. The first-order chi connectivity index (χ1) is 13.1. The van der Waals surface area contributed by atoms with Crippen molar-refractivity contribution in [3.05, 3.63) is 71.9 Å². The van der Waals surface area contributed by atoms with Crippen LogP contribution in [0.5, 0.6) is 5.75 Å². The molecule has 0 atom stereocenters. The van der Waals surface area contributed by atoms with Gasteiger partial charge < -0.3 is 9.26 Å². The topological polar surface area (TPSA) is 81.4 Å². The Kier molecular flexibility index (Phi) is 6.26. The summed E-state index contributed by atoms with van der Waals surface area (Å²) in [4.78, 5) is 0. The Morgan fingerprint density at radius 3 is 2.63 bits per heavy atom. The molecule has 0 spiro atoms. The molecule has 0 unspecified atom stereocenters. The molecule has 0 fully saturated rings. The van der Waals surface area contributed by atoms with Gasteiger partial charge in [0.1, 0.15) is 5.75 Å². The molecular weight excluding hydrogens is 364 g/mol. The lowest BCUT2D eigenvalue weighted by Gasteiger charge is -2.05. The summed E-state index contributed by atoms with van der Waals surface area (Å²) in [6.45, 7) is 0.279. The Labute approximate surface area is 159 Å². The lowest BCUT2D eigenvalue weighted by Crippen LogP contribution is -2.29. The Morgan fingerprint density at radius 1 is 1.04 bits per heavy atom. The van der Waals surface area contributed by atoms with Gasteiger partial charge in [-0.15, -0.1) is 0 Å². The van der Waals surface area contributed by atoms with Gasteiger partial charge in [-0.05, 0) is 24.1 Å². The van der Waals surface area contributed by atoms with Gasteiger partial charge in [0.25, 0.3) is 0 Å².